The molecule has 5 nitrogen and oxygen atoms in total. The predicted molar refractivity (Wildman–Crippen MR) is 68.5 cm³/mol. The topological polar surface area (TPSA) is 70.1 Å². The van der Waals surface area contributed by atoms with E-state index in [1.54, 1.807) is 0 Å². The summed E-state index contributed by atoms with van der Waals surface area (Å²) >= 11 is 5.78. The fourth-order valence-corrected chi connectivity index (χ4v) is 1.76. The van der Waals surface area contributed by atoms with Gasteiger partial charge < -0.3 is 0 Å². The highest BCUT2D eigenvalue weighted by Crippen LogP contribution is 2.17. The molecule has 0 saturated carbocycles. The van der Waals surface area contributed by atoms with Gasteiger partial charge in [-0.05, 0) is 25.2 Å². The van der Waals surface area contributed by atoms with E-state index in [0.29, 0.717) is 11.6 Å². The molecule has 1 aromatic rings. The highest BCUT2D eigenvalue weighted by molar-refractivity contribution is 6.32. The van der Waals surface area contributed by atoms with Crippen molar-refractivity contribution in [2.45, 2.75) is 19.3 Å². The number of aromatic nitrogens is 2. The molecular weight excluding hydrogens is 240 g/mol. The lowest BCUT2D eigenvalue weighted by atomic mass is 9.96. The van der Waals surface area contributed by atoms with Gasteiger partial charge in [0, 0.05) is 6.21 Å². The van der Waals surface area contributed by atoms with Crippen molar-refractivity contribution in [1.82, 2.24) is 10.2 Å². The number of nitrogens with one attached hydrogen (secondary N) is 2. The van der Waals surface area contributed by atoms with Gasteiger partial charge >= 0.3 is 0 Å². The maximum absolute atomic E-state index is 11.2. The Morgan fingerprint density at radius 2 is 2.47 bits per heavy atom. The van der Waals surface area contributed by atoms with Gasteiger partial charge in [-0.15, -0.1) is 0 Å². The molecule has 1 heterocycles. The highest BCUT2D eigenvalue weighted by atomic mass is 35.5. The van der Waals surface area contributed by atoms with Crippen molar-refractivity contribution >= 4 is 23.5 Å². The second-order valence-electron chi connectivity index (χ2n) is 3.86. The van der Waals surface area contributed by atoms with Crippen molar-refractivity contribution in [2.24, 2.45) is 11.0 Å². The molecule has 2 rings (SSSR count). The molecule has 0 radical (unpaired) electrons. The van der Waals surface area contributed by atoms with Gasteiger partial charge in [-0.2, -0.15) is 10.2 Å². The van der Waals surface area contributed by atoms with E-state index in [2.05, 4.69) is 32.9 Å². The Kier molecular flexibility index (Phi) is 3.93. The molecule has 0 spiro atoms. The number of hydrogen-bond donors (Lipinski definition) is 2. The molecule has 1 aliphatic rings. The maximum atomic E-state index is 11.2. The largest absolute Gasteiger partial charge is 0.285 e. The quantitative estimate of drug-likeness (QED) is 0.492. The molecule has 90 valence electrons. The van der Waals surface area contributed by atoms with Gasteiger partial charge in [0.25, 0.3) is 5.56 Å². The summed E-state index contributed by atoms with van der Waals surface area (Å²) in [5.41, 5.74) is 2.72. The average molecular weight is 253 g/mol. The molecule has 0 amide bonds. The van der Waals surface area contributed by atoms with Crippen LogP contribution >= 0.6 is 11.6 Å². The van der Waals surface area contributed by atoms with Gasteiger partial charge in [0.05, 0.1) is 6.20 Å². The predicted octanol–water partition coefficient (Wildman–Crippen LogP) is 2.18. The molecule has 1 aromatic heterocycles. The lowest BCUT2D eigenvalue weighted by molar-refractivity contribution is 0.627. The van der Waals surface area contributed by atoms with Crippen LogP contribution in [0.15, 0.2) is 28.2 Å². The van der Waals surface area contributed by atoms with Crippen LogP contribution < -0.4 is 11.0 Å². The molecule has 2 N–H and O–H groups in total. The van der Waals surface area contributed by atoms with Crippen molar-refractivity contribution < 1.29 is 0 Å². The first kappa shape index (κ1) is 11.9. The lowest BCUT2D eigenvalue weighted by Gasteiger charge is -2.11. The summed E-state index contributed by atoms with van der Waals surface area (Å²) in [6, 6.07) is 0. The van der Waals surface area contributed by atoms with Gasteiger partial charge in [0.2, 0.25) is 0 Å². The summed E-state index contributed by atoms with van der Waals surface area (Å²) in [5.74, 6) is 0.446. The summed E-state index contributed by atoms with van der Waals surface area (Å²) in [4.78, 5) is 11.2. The third kappa shape index (κ3) is 3.17. The Balaban J connectivity index is 1.97. The standard InChI is InChI=1S/C11H13ClN4O/c12-10-9(7-14-16-11(10)17)15-13-6-8-4-2-1-3-5-8/h1-2,6-8H,3-5H2,(H2,15,16,17)/b13-6+. The van der Waals surface area contributed by atoms with E-state index in [4.69, 9.17) is 11.6 Å². The molecule has 0 saturated heterocycles. The molecule has 0 aliphatic heterocycles. The van der Waals surface area contributed by atoms with Crippen LogP contribution in [-0.2, 0) is 0 Å². The zero-order chi connectivity index (χ0) is 12.1. The monoisotopic (exact) mass is 252 g/mol. The van der Waals surface area contributed by atoms with E-state index in [0.717, 1.165) is 19.3 Å². The summed E-state index contributed by atoms with van der Waals surface area (Å²) in [6.07, 6.45) is 10.8. The van der Waals surface area contributed by atoms with Gasteiger partial charge in [0.15, 0.2) is 0 Å². The van der Waals surface area contributed by atoms with Crippen LogP contribution in [0.5, 0.6) is 0 Å². The minimum absolute atomic E-state index is 0.0701. The zero-order valence-electron chi connectivity index (χ0n) is 9.19. The van der Waals surface area contributed by atoms with Crippen LogP contribution in [0, 0.1) is 5.92 Å². The minimum Gasteiger partial charge on any atom is -0.275 e. The van der Waals surface area contributed by atoms with Crippen LogP contribution in [0.4, 0.5) is 5.69 Å². The second-order valence-corrected chi connectivity index (χ2v) is 4.24. The van der Waals surface area contributed by atoms with Gasteiger partial charge in [-0.25, -0.2) is 5.10 Å². The van der Waals surface area contributed by atoms with Crippen LogP contribution in [0.1, 0.15) is 19.3 Å². The first-order valence-corrected chi connectivity index (χ1v) is 5.82. The third-order valence-corrected chi connectivity index (χ3v) is 2.95. The van der Waals surface area contributed by atoms with E-state index in [-0.39, 0.29) is 5.02 Å². The van der Waals surface area contributed by atoms with Crippen molar-refractivity contribution in [3.63, 3.8) is 0 Å². The Hall–Kier alpha value is -1.62. The van der Waals surface area contributed by atoms with Crippen molar-refractivity contribution in [2.75, 3.05) is 5.43 Å². The fraction of sp³-hybridized carbons (Fsp3) is 0.364. The maximum Gasteiger partial charge on any atom is 0.285 e. The minimum atomic E-state index is -0.424. The van der Waals surface area contributed by atoms with Gasteiger partial charge in [-0.1, -0.05) is 23.8 Å². The van der Waals surface area contributed by atoms with E-state index in [9.17, 15) is 4.79 Å². The van der Waals surface area contributed by atoms with Crippen molar-refractivity contribution in [1.29, 1.82) is 0 Å². The van der Waals surface area contributed by atoms with Crippen molar-refractivity contribution in [3.05, 3.63) is 33.7 Å². The molecule has 1 atom stereocenters. The van der Waals surface area contributed by atoms with Gasteiger partial charge in [-0.3, -0.25) is 10.2 Å². The molecule has 1 unspecified atom stereocenters. The Bertz CT molecular complexity index is 494. The SMILES string of the molecule is O=c1[nH]ncc(N/N=C/C2CC=CCC2)c1Cl. The summed E-state index contributed by atoms with van der Waals surface area (Å²) < 4.78 is 0. The number of hydrazone groups is 1. The summed E-state index contributed by atoms with van der Waals surface area (Å²) in [5, 5.41) is 10.0. The number of hydrogen-bond acceptors (Lipinski definition) is 4. The van der Waals surface area contributed by atoms with Crippen LogP contribution in [0.25, 0.3) is 0 Å². The number of allylic oxidation sites excluding steroid dienone is 2. The van der Waals surface area contributed by atoms with Crippen molar-refractivity contribution in [3.8, 4) is 0 Å². The number of rotatable bonds is 3. The third-order valence-electron chi connectivity index (χ3n) is 2.58. The number of anilines is 1. The number of nitrogens with zero attached hydrogens (tertiary/aromatic N) is 2. The number of halogens is 1. The first-order valence-electron chi connectivity index (χ1n) is 5.45. The molecule has 0 fully saturated rings. The zero-order valence-corrected chi connectivity index (χ0v) is 9.94. The summed E-state index contributed by atoms with van der Waals surface area (Å²) in [6.45, 7) is 0. The molecule has 17 heavy (non-hydrogen) atoms. The highest BCUT2D eigenvalue weighted by Gasteiger charge is 2.07. The molecule has 0 aromatic carbocycles. The first-order chi connectivity index (χ1) is 8.27. The molecule has 0 bridgehead atoms. The number of H-pyrrole nitrogens is 1. The normalized spacial score (nSPS) is 19.7. The van der Waals surface area contributed by atoms with E-state index < -0.39 is 5.56 Å². The van der Waals surface area contributed by atoms with E-state index in [1.165, 1.54) is 6.20 Å². The fourth-order valence-electron chi connectivity index (χ4n) is 1.63. The van der Waals surface area contributed by atoms with Crippen LogP contribution in [0.3, 0.4) is 0 Å². The van der Waals surface area contributed by atoms with Crippen LogP contribution in [0.2, 0.25) is 5.02 Å². The molecular formula is C11H13ClN4O. The summed E-state index contributed by atoms with van der Waals surface area (Å²) in [7, 11) is 0. The Morgan fingerprint density at radius 3 is 3.24 bits per heavy atom. The Labute approximate surface area is 104 Å². The second kappa shape index (κ2) is 5.63. The van der Waals surface area contributed by atoms with E-state index >= 15 is 0 Å². The lowest BCUT2D eigenvalue weighted by Crippen LogP contribution is -2.10. The smallest absolute Gasteiger partial charge is 0.275 e. The average Bonchev–Trinajstić information content (AvgIpc) is 2.36. The van der Waals surface area contributed by atoms with Gasteiger partial charge in [0.1, 0.15) is 10.7 Å². The molecule has 1 aliphatic carbocycles. The van der Waals surface area contributed by atoms with Crippen LogP contribution in [-0.4, -0.2) is 16.4 Å². The van der Waals surface area contributed by atoms with E-state index in [1.807, 2.05) is 6.21 Å². The molecule has 6 heteroatoms. The number of aromatic amines is 1. The Morgan fingerprint density at radius 1 is 1.59 bits per heavy atom.